The summed E-state index contributed by atoms with van der Waals surface area (Å²) in [5, 5.41) is 3.97. The summed E-state index contributed by atoms with van der Waals surface area (Å²) in [7, 11) is 2.91. The van der Waals surface area contributed by atoms with Gasteiger partial charge in [0, 0.05) is 5.92 Å². The molecule has 2 aromatic carbocycles. The topological polar surface area (TPSA) is 86.2 Å². The van der Waals surface area contributed by atoms with Gasteiger partial charge in [0.15, 0.2) is 11.5 Å². The second-order valence-electron chi connectivity index (χ2n) is 6.40. The number of nitrogens with zero attached hydrogens (tertiary/aromatic N) is 1. The summed E-state index contributed by atoms with van der Waals surface area (Å²) in [4.78, 5) is 23.0. The number of benzene rings is 2. The second kappa shape index (κ2) is 9.03. The van der Waals surface area contributed by atoms with Gasteiger partial charge >= 0.3 is 5.97 Å². The number of carbonyl (C=O) groups excluding carboxylic acids is 2. The third-order valence-electron chi connectivity index (χ3n) is 4.29. The van der Waals surface area contributed by atoms with Crippen molar-refractivity contribution in [2.45, 2.75) is 19.4 Å². The maximum Gasteiger partial charge on any atom is 0.337 e. The molecule has 7 nitrogen and oxygen atoms in total. The summed E-state index contributed by atoms with van der Waals surface area (Å²) in [6.45, 7) is 0.322. The van der Waals surface area contributed by atoms with Gasteiger partial charge in [-0.2, -0.15) is 5.10 Å². The molecule has 28 heavy (non-hydrogen) atoms. The molecule has 0 aromatic heterocycles. The van der Waals surface area contributed by atoms with Gasteiger partial charge in [0.25, 0.3) is 0 Å². The van der Waals surface area contributed by atoms with Gasteiger partial charge in [0.2, 0.25) is 5.91 Å². The van der Waals surface area contributed by atoms with Crippen molar-refractivity contribution in [3.05, 3.63) is 59.2 Å². The fraction of sp³-hybridized carbons (Fsp3) is 0.286. The molecule has 0 unspecified atom stereocenters. The molecule has 0 bridgehead atoms. The molecule has 3 rings (SSSR count). The lowest BCUT2D eigenvalue weighted by Gasteiger charge is -2.11. The van der Waals surface area contributed by atoms with Crippen LogP contribution in [0, 0.1) is 5.92 Å². The molecule has 1 saturated carbocycles. The third-order valence-corrected chi connectivity index (χ3v) is 4.29. The summed E-state index contributed by atoms with van der Waals surface area (Å²) >= 11 is 0. The van der Waals surface area contributed by atoms with Gasteiger partial charge in [-0.3, -0.25) is 4.79 Å². The number of carbonyl (C=O) groups is 2. The molecule has 146 valence electrons. The Kier molecular flexibility index (Phi) is 6.26. The highest BCUT2D eigenvalue weighted by molar-refractivity contribution is 5.89. The van der Waals surface area contributed by atoms with Crippen molar-refractivity contribution in [1.29, 1.82) is 0 Å². The molecule has 1 fully saturated rings. The number of hydrogen-bond acceptors (Lipinski definition) is 6. The third kappa shape index (κ3) is 5.09. The standard InChI is InChI=1S/C21H22N2O5/c1-26-19-11-15(12-22-23-20(24)16-8-9-16)5-10-18(19)28-13-14-3-6-17(7-4-14)21(25)27-2/h3-7,10-12,16H,8-9,13H2,1-2H3,(H,23,24). The lowest BCUT2D eigenvalue weighted by atomic mass is 10.1. The molecule has 0 atom stereocenters. The van der Waals surface area contributed by atoms with Gasteiger partial charge < -0.3 is 14.2 Å². The van der Waals surface area contributed by atoms with Crippen LogP contribution in [0.4, 0.5) is 0 Å². The molecule has 0 spiro atoms. The van der Waals surface area contributed by atoms with Crippen LogP contribution in [0.1, 0.15) is 34.3 Å². The van der Waals surface area contributed by atoms with E-state index >= 15 is 0 Å². The van der Waals surface area contributed by atoms with Crippen LogP contribution in [0.25, 0.3) is 0 Å². The summed E-state index contributed by atoms with van der Waals surface area (Å²) in [5.74, 6) is 0.840. The fourth-order valence-electron chi connectivity index (χ4n) is 2.51. The van der Waals surface area contributed by atoms with Gasteiger partial charge in [-0.15, -0.1) is 0 Å². The molecule has 0 aliphatic heterocycles. The van der Waals surface area contributed by atoms with Crippen LogP contribution >= 0.6 is 0 Å². The quantitative estimate of drug-likeness (QED) is 0.431. The summed E-state index contributed by atoms with van der Waals surface area (Å²) < 4.78 is 15.9. The number of esters is 1. The zero-order chi connectivity index (χ0) is 19.9. The van der Waals surface area contributed by atoms with E-state index in [0.717, 1.165) is 24.0 Å². The molecule has 2 aromatic rings. The molecular weight excluding hydrogens is 360 g/mol. The average Bonchev–Trinajstić information content (AvgIpc) is 3.58. The van der Waals surface area contributed by atoms with E-state index in [1.807, 2.05) is 18.2 Å². The zero-order valence-corrected chi connectivity index (χ0v) is 15.8. The largest absolute Gasteiger partial charge is 0.493 e. The minimum atomic E-state index is -0.375. The van der Waals surface area contributed by atoms with Crippen molar-refractivity contribution in [3.8, 4) is 11.5 Å². The van der Waals surface area contributed by atoms with Crippen molar-refractivity contribution in [2.75, 3.05) is 14.2 Å². The minimum absolute atomic E-state index is 0.0404. The van der Waals surface area contributed by atoms with Crippen LogP contribution in [0.15, 0.2) is 47.6 Å². The number of nitrogens with one attached hydrogen (secondary N) is 1. The number of hydrogen-bond donors (Lipinski definition) is 1. The van der Waals surface area contributed by atoms with E-state index in [2.05, 4.69) is 15.3 Å². The van der Waals surface area contributed by atoms with E-state index in [1.165, 1.54) is 7.11 Å². The first-order valence-corrected chi connectivity index (χ1v) is 8.91. The predicted octanol–water partition coefficient (Wildman–Crippen LogP) is 2.92. The predicted molar refractivity (Wildman–Crippen MR) is 104 cm³/mol. The van der Waals surface area contributed by atoms with Crippen molar-refractivity contribution in [1.82, 2.24) is 5.43 Å². The number of ether oxygens (including phenoxy) is 3. The van der Waals surface area contributed by atoms with Gasteiger partial charge in [-0.05, 0) is 54.3 Å². The van der Waals surface area contributed by atoms with Crippen LogP contribution in [0.3, 0.4) is 0 Å². The Balaban J connectivity index is 1.59. The first-order chi connectivity index (χ1) is 13.6. The van der Waals surface area contributed by atoms with Crippen molar-refractivity contribution >= 4 is 18.1 Å². The molecule has 1 aliphatic rings. The Morgan fingerprint density at radius 2 is 1.86 bits per heavy atom. The van der Waals surface area contributed by atoms with E-state index in [9.17, 15) is 9.59 Å². The lowest BCUT2D eigenvalue weighted by molar-refractivity contribution is -0.122. The molecule has 7 heteroatoms. The Morgan fingerprint density at radius 3 is 2.50 bits per heavy atom. The van der Waals surface area contributed by atoms with Gasteiger partial charge in [-0.25, -0.2) is 10.2 Å². The maximum atomic E-state index is 11.6. The first kappa shape index (κ1) is 19.4. The van der Waals surface area contributed by atoms with E-state index in [4.69, 9.17) is 9.47 Å². The Hall–Kier alpha value is -3.35. The summed E-state index contributed by atoms with van der Waals surface area (Å²) in [6, 6.07) is 12.4. The van der Waals surface area contributed by atoms with Crippen LogP contribution in [-0.2, 0) is 16.1 Å². The summed E-state index contributed by atoms with van der Waals surface area (Å²) in [6.07, 6.45) is 3.44. The monoisotopic (exact) mass is 382 g/mol. The Labute approximate surface area is 163 Å². The SMILES string of the molecule is COC(=O)c1ccc(COc2ccc(C=NNC(=O)C3CC3)cc2OC)cc1. The van der Waals surface area contributed by atoms with E-state index in [0.29, 0.717) is 23.7 Å². The number of amides is 1. The second-order valence-corrected chi connectivity index (χ2v) is 6.40. The van der Waals surface area contributed by atoms with Gasteiger partial charge in [0.05, 0.1) is 26.0 Å². The van der Waals surface area contributed by atoms with Crippen molar-refractivity contribution in [3.63, 3.8) is 0 Å². The van der Waals surface area contributed by atoms with Gasteiger partial charge in [-0.1, -0.05) is 12.1 Å². The molecule has 0 heterocycles. The zero-order valence-electron chi connectivity index (χ0n) is 15.8. The van der Waals surface area contributed by atoms with E-state index in [1.54, 1.807) is 37.6 Å². The number of rotatable bonds is 8. The Bertz CT molecular complexity index is 873. The molecule has 0 radical (unpaired) electrons. The maximum absolute atomic E-state index is 11.6. The first-order valence-electron chi connectivity index (χ1n) is 8.91. The average molecular weight is 382 g/mol. The number of hydrazone groups is 1. The smallest absolute Gasteiger partial charge is 0.337 e. The number of methoxy groups -OCH3 is 2. The Morgan fingerprint density at radius 1 is 1.11 bits per heavy atom. The minimum Gasteiger partial charge on any atom is -0.493 e. The normalized spacial score (nSPS) is 13.2. The molecule has 1 amide bonds. The van der Waals surface area contributed by atoms with E-state index in [-0.39, 0.29) is 17.8 Å². The van der Waals surface area contributed by atoms with Crippen LogP contribution in [0.2, 0.25) is 0 Å². The van der Waals surface area contributed by atoms with Crippen molar-refractivity contribution in [2.24, 2.45) is 11.0 Å². The summed E-state index contributed by atoms with van der Waals surface area (Å²) in [5.41, 5.74) is 4.71. The molecule has 1 aliphatic carbocycles. The highest BCUT2D eigenvalue weighted by Gasteiger charge is 2.29. The molecule has 0 saturated heterocycles. The van der Waals surface area contributed by atoms with Gasteiger partial charge in [0.1, 0.15) is 6.61 Å². The van der Waals surface area contributed by atoms with Crippen LogP contribution in [-0.4, -0.2) is 32.3 Å². The van der Waals surface area contributed by atoms with E-state index < -0.39 is 0 Å². The van der Waals surface area contributed by atoms with Crippen molar-refractivity contribution < 1.29 is 23.8 Å². The highest BCUT2D eigenvalue weighted by atomic mass is 16.5. The van der Waals surface area contributed by atoms with Crippen LogP contribution in [0.5, 0.6) is 11.5 Å². The lowest BCUT2D eigenvalue weighted by Crippen LogP contribution is -2.18. The highest BCUT2D eigenvalue weighted by Crippen LogP contribution is 2.29. The molecule has 1 N–H and O–H groups in total. The molecular formula is C21H22N2O5. The van der Waals surface area contributed by atoms with Crippen LogP contribution < -0.4 is 14.9 Å². The fourth-order valence-corrected chi connectivity index (χ4v) is 2.51.